The van der Waals surface area contributed by atoms with E-state index in [1.807, 2.05) is 0 Å². The number of allylic oxidation sites excluding steroid dienone is 1. The third kappa shape index (κ3) is 3.35. The van der Waals surface area contributed by atoms with Crippen LogP contribution in [0.5, 0.6) is 0 Å². The van der Waals surface area contributed by atoms with Crippen molar-refractivity contribution >= 4 is 12.0 Å². The molecular formula is C13H17NO3. The van der Waals surface area contributed by atoms with E-state index in [0.29, 0.717) is 6.42 Å². The molecule has 0 radical (unpaired) electrons. The number of carbonyl (C=O) groups is 2. The van der Waals surface area contributed by atoms with E-state index in [4.69, 9.17) is 11.2 Å². The van der Waals surface area contributed by atoms with Crippen molar-refractivity contribution in [1.29, 1.82) is 0 Å². The maximum Gasteiger partial charge on any atom is 0.417 e. The summed E-state index contributed by atoms with van der Waals surface area (Å²) in [5, 5.41) is 0. The Morgan fingerprint density at radius 1 is 1.65 bits per heavy atom. The fraction of sp³-hybridized carbons (Fsp3) is 0.538. The first-order valence-corrected chi connectivity index (χ1v) is 5.60. The number of ether oxygens (including phenoxy) is 1. The van der Waals surface area contributed by atoms with Crippen LogP contribution < -0.4 is 0 Å². The van der Waals surface area contributed by atoms with Crippen LogP contribution >= 0.6 is 0 Å². The van der Waals surface area contributed by atoms with Crippen LogP contribution in [0.1, 0.15) is 33.1 Å². The summed E-state index contributed by atoms with van der Waals surface area (Å²) < 4.78 is 4.85. The summed E-state index contributed by atoms with van der Waals surface area (Å²) in [5.41, 5.74) is -0.572. The minimum Gasteiger partial charge on any atom is -0.447 e. The van der Waals surface area contributed by atoms with E-state index in [2.05, 4.69) is 5.92 Å². The maximum absolute atomic E-state index is 11.8. The van der Waals surface area contributed by atoms with Crippen LogP contribution in [-0.2, 0) is 9.53 Å². The number of unbranched alkanes of at least 4 members (excludes halogenated alkanes) is 2. The summed E-state index contributed by atoms with van der Waals surface area (Å²) >= 11 is 0. The standard InChI is InChI=1S/C13H17NO3/c1-4-5-6-7-8-9-11(15)14-12(16)17-10-13(14,2)3/h1,8-9H,5-7,10H2,2-3H3/b9-8+. The monoisotopic (exact) mass is 235 g/mol. The van der Waals surface area contributed by atoms with Crippen LogP contribution in [0, 0.1) is 12.3 Å². The summed E-state index contributed by atoms with van der Waals surface area (Å²) in [7, 11) is 0. The zero-order valence-electron chi connectivity index (χ0n) is 10.2. The average Bonchev–Trinajstić information content (AvgIpc) is 2.52. The molecule has 17 heavy (non-hydrogen) atoms. The quantitative estimate of drug-likeness (QED) is 0.426. The lowest BCUT2D eigenvalue weighted by Crippen LogP contribution is -2.45. The lowest BCUT2D eigenvalue weighted by atomic mass is 10.1. The van der Waals surface area contributed by atoms with Crippen LogP contribution in [0.15, 0.2) is 12.2 Å². The molecule has 1 aliphatic heterocycles. The SMILES string of the molecule is C#CCCC/C=C/C(=O)N1C(=O)OCC1(C)C. The van der Waals surface area contributed by atoms with Crippen molar-refractivity contribution < 1.29 is 14.3 Å². The topological polar surface area (TPSA) is 46.6 Å². The largest absolute Gasteiger partial charge is 0.447 e. The van der Waals surface area contributed by atoms with Gasteiger partial charge in [-0.25, -0.2) is 9.69 Å². The summed E-state index contributed by atoms with van der Waals surface area (Å²) in [6, 6.07) is 0. The highest BCUT2D eigenvalue weighted by Crippen LogP contribution is 2.23. The Labute approximate surface area is 102 Å². The smallest absolute Gasteiger partial charge is 0.417 e. The molecule has 1 fully saturated rings. The van der Waals surface area contributed by atoms with E-state index in [1.165, 1.54) is 6.08 Å². The molecule has 1 rings (SSSR count). The number of rotatable bonds is 4. The molecular weight excluding hydrogens is 218 g/mol. The van der Waals surface area contributed by atoms with E-state index in [0.717, 1.165) is 17.7 Å². The molecule has 0 unspecified atom stereocenters. The number of nitrogens with zero attached hydrogens (tertiary/aromatic N) is 1. The average molecular weight is 235 g/mol. The highest BCUT2D eigenvalue weighted by atomic mass is 16.6. The van der Waals surface area contributed by atoms with Gasteiger partial charge in [-0.05, 0) is 32.8 Å². The second kappa shape index (κ2) is 5.53. The van der Waals surface area contributed by atoms with Crippen molar-refractivity contribution in [1.82, 2.24) is 4.90 Å². The van der Waals surface area contributed by atoms with Crippen LogP contribution in [0.25, 0.3) is 0 Å². The van der Waals surface area contributed by atoms with Crippen LogP contribution in [0.4, 0.5) is 4.79 Å². The highest BCUT2D eigenvalue weighted by molar-refractivity contribution is 6.00. The summed E-state index contributed by atoms with van der Waals surface area (Å²) in [6.45, 7) is 3.83. The summed E-state index contributed by atoms with van der Waals surface area (Å²) in [4.78, 5) is 24.3. The first-order valence-electron chi connectivity index (χ1n) is 5.60. The number of imide groups is 1. The second-order valence-corrected chi connectivity index (χ2v) is 4.54. The molecule has 2 amide bonds. The highest BCUT2D eigenvalue weighted by Gasteiger charge is 2.43. The fourth-order valence-corrected chi connectivity index (χ4v) is 1.58. The molecule has 4 heteroatoms. The zero-order chi connectivity index (χ0) is 12.9. The number of carbonyl (C=O) groups excluding carboxylic acids is 2. The normalized spacial score (nSPS) is 18.2. The minimum atomic E-state index is -0.576. The van der Waals surface area contributed by atoms with Crippen molar-refractivity contribution in [2.45, 2.75) is 38.6 Å². The second-order valence-electron chi connectivity index (χ2n) is 4.54. The maximum atomic E-state index is 11.8. The molecule has 1 aliphatic rings. The Hall–Kier alpha value is -1.76. The molecule has 1 saturated heterocycles. The van der Waals surface area contributed by atoms with Gasteiger partial charge in [-0.15, -0.1) is 12.3 Å². The van der Waals surface area contributed by atoms with E-state index in [1.54, 1.807) is 19.9 Å². The third-order valence-electron chi connectivity index (χ3n) is 2.51. The van der Waals surface area contributed by atoms with Gasteiger partial charge in [-0.3, -0.25) is 4.79 Å². The van der Waals surface area contributed by atoms with E-state index in [9.17, 15) is 9.59 Å². The Kier molecular flexibility index (Phi) is 4.33. The molecule has 4 nitrogen and oxygen atoms in total. The number of hydrogen-bond acceptors (Lipinski definition) is 3. The first kappa shape index (κ1) is 13.3. The van der Waals surface area contributed by atoms with Crippen molar-refractivity contribution in [2.75, 3.05) is 6.61 Å². The molecule has 0 aromatic heterocycles. The van der Waals surface area contributed by atoms with Crippen molar-refractivity contribution in [3.8, 4) is 12.3 Å². The number of terminal acetylenes is 1. The lowest BCUT2D eigenvalue weighted by molar-refractivity contribution is -0.125. The van der Waals surface area contributed by atoms with Gasteiger partial charge in [0.25, 0.3) is 5.91 Å². The minimum absolute atomic E-state index is 0.239. The summed E-state index contributed by atoms with van der Waals surface area (Å²) in [5.74, 6) is 2.19. The first-order chi connectivity index (χ1) is 7.99. The third-order valence-corrected chi connectivity index (χ3v) is 2.51. The van der Waals surface area contributed by atoms with Crippen LogP contribution in [0.3, 0.4) is 0 Å². The molecule has 0 atom stereocenters. The molecule has 0 aromatic rings. The fourth-order valence-electron chi connectivity index (χ4n) is 1.58. The Morgan fingerprint density at radius 2 is 2.35 bits per heavy atom. The molecule has 0 spiro atoms. The number of cyclic esters (lactones) is 1. The lowest BCUT2D eigenvalue weighted by Gasteiger charge is -2.24. The van der Waals surface area contributed by atoms with Gasteiger partial charge in [-0.2, -0.15) is 0 Å². The van der Waals surface area contributed by atoms with Gasteiger partial charge in [0.2, 0.25) is 0 Å². The molecule has 0 aromatic carbocycles. The van der Waals surface area contributed by atoms with Crippen LogP contribution in [-0.4, -0.2) is 29.0 Å². The van der Waals surface area contributed by atoms with Gasteiger partial charge in [-0.1, -0.05) is 6.08 Å². The van der Waals surface area contributed by atoms with Crippen molar-refractivity contribution in [3.63, 3.8) is 0 Å². The van der Waals surface area contributed by atoms with Gasteiger partial charge in [0.1, 0.15) is 6.61 Å². The Morgan fingerprint density at radius 3 is 2.88 bits per heavy atom. The number of amides is 2. The molecule has 1 heterocycles. The zero-order valence-corrected chi connectivity index (χ0v) is 10.2. The van der Waals surface area contributed by atoms with Gasteiger partial charge in [0.05, 0.1) is 5.54 Å². The van der Waals surface area contributed by atoms with Gasteiger partial charge < -0.3 is 4.74 Å². The molecule has 0 N–H and O–H groups in total. The van der Waals surface area contributed by atoms with E-state index >= 15 is 0 Å². The number of hydrogen-bond donors (Lipinski definition) is 0. The van der Waals surface area contributed by atoms with Gasteiger partial charge in [0, 0.05) is 6.42 Å². The van der Waals surface area contributed by atoms with Crippen LogP contribution in [0.2, 0.25) is 0 Å². The predicted molar refractivity (Wildman–Crippen MR) is 64.1 cm³/mol. The van der Waals surface area contributed by atoms with Crippen molar-refractivity contribution in [2.24, 2.45) is 0 Å². The Balaban J connectivity index is 2.53. The van der Waals surface area contributed by atoms with Crippen molar-refractivity contribution in [3.05, 3.63) is 12.2 Å². The van der Waals surface area contributed by atoms with E-state index in [-0.39, 0.29) is 12.5 Å². The molecule has 0 saturated carbocycles. The van der Waals surface area contributed by atoms with Gasteiger partial charge >= 0.3 is 6.09 Å². The predicted octanol–water partition coefficient (Wildman–Crippen LogP) is 2.10. The molecule has 92 valence electrons. The Bertz CT molecular complexity index is 377. The molecule has 0 bridgehead atoms. The van der Waals surface area contributed by atoms with Gasteiger partial charge in [0.15, 0.2) is 0 Å². The van der Waals surface area contributed by atoms with E-state index < -0.39 is 11.6 Å². The summed E-state index contributed by atoms with van der Waals surface area (Å²) in [6.07, 6.45) is 9.95. The molecule has 0 aliphatic carbocycles.